The molecule has 2 N–H and O–H groups in total. The van der Waals surface area contributed by atoms with Gasteiger partial charge >= 0.3 is 6.09 Å². The highest BCUT2D eigenvalue weighted by Gasteiger charge is 2.24. The Balaban J connectivity index is 2.39. The van der Waals surface area contributed by atoms with Gasteiger partial charge in [0, 0.05) is 12.4 Å². The number of nitrogens with zero attached hydrogens (tertiary/aromatic N) is 2. The molecule has 0 saturated heterocycles. The van der Waals surface area contributed by atoms with Crippen LogP contribution >= 0.6 is 0 Å². The number of aryl methyl sites for hydroxylation is 1. The van der Waals surface area contributed by atoms with E-state index in [-0.39, 0.29) is 0 Å². The van der Waals surface area contributed by atoms with E-state index < -0.39 is 11.7 Å². The van der Waals surface area contributed by atoms with Crippen LogP contribution in [0.3, 0.4) is 0 Å². The van der Waals surface area contributed by atoms with Crippen LogP contribution in [0, 0.1) is 6.92 Å². The van der Waals surface area contributed by atoms with Gasteiger partial charge in [0.15, 0.2) is 0 Å². The van der Waals surface area contributed by atoms with Crippen molar-refractivity contribution in [2.45, 2.75) is 33.3 Å². The Morgan fingerprint density at radius 2 is 2.05 bits per heavy atom. The quantitative estimate of drug-likeness (QED) is 0.488. The fourth-order valence-corrected chi connectivity index (χ4v) is 1.96. The smallest absolute Gasteiger partial charge is 0.429 e. The number of rotatable bonds is 1. The molecule has 102 valence electrons. The summed E-state index contributed by atoms with van der Waals surface area (Å²) in [6.07, 6.45) is 3.27. The maximum absolute atomic E-state index is 12.0. The highest BCUT2D eigenvalue weighted by Crippen LogP contribution is 2.27. The molecule has 2 heterocycles. The molecule has 0 unspecified atom stereocenters. The first-order valence-electron chi connectivity index (χ1n) is 6.14. The first-order valence-corrected chi connectivity index (χ1v) is 6.14. The second-order valence-electron chi connectivity index (χ2n) is 5.50. The Kier molecular flexibility index (Phi) is 3.24. The molecule has 1 amide bonds. The molecule has 0 saturated carbocycles. The lowest BCUT2D eigenvalue weighted by atomic mass is 10.2. The molecule has 0 bridgehead atoms. The Bertz CT molecular complexity index is 611. The average Bonchev–Trinajstić information content (AvgIpc) is 2.61. The summed E-state index contributed by atoms with van der Waals surface area (Å²) < 4.78 is 7.21. The molecule has 0 aliphatic rings. The van der Waals surface area contributed by atoms with Gasteiger partial charge in [-0.15, -0.1) is 0 Å². The summed E-state index contributed by atoms with van der Waals surface area (Å²) in [5, 5.41) is 1.07. The molecule has 0 radical (unpaired) electrons. The van der Waals surface area contributed by atoms with E-state index in [4.69, 9.17) is 10.6 Å². The van der Waals surface area contributed by atoms with E-state index >= 15 is 0 Å². The van der Waals surface area contributed by atoms with Crippen molar-refractivity contribution in [2.75, 3.05) is 5.01 Å². The molecule has 5 heteroatoms. The number of anilines is 1. The van der Waals surface area contributed by atoms with Gasteiger partial charge in [-0.05, 0) is 45.4 Å². The van der Waals surface area contributed by atoms with Crippen LogP contribution in [0.2, 0.25) is 0 Å². The molecule has 0 atom stereocenters. The topological polar surface area (TPSA) is 60.0 Å². The number of hydrogen-bond acceptors (Lipinski definition) is 3. The molecule has 2 rings (SSSR count). The predicted octanol–water partition coefficient (Wildman–Crippen LogP) is 2.86. The first kappa shape index (κ1) is 13.4. The second kappa shape index (κ2) is 4.59. The molecule has 0 aliphatic carbocycles. The van der Waals surface area contributed by atoms with Gasteiger partial charge in [-0.2, -0.15) is 0 Å². The molecule has 2 aromatic heterocycles. The van der Waals surface area contributed by atoms with Crippen molar-refractivity contribution in [2.24, 2.45) is 5.84 Å². The third kappa shape index (κ3) is 2.71. The zero-order chi connectivity index (χ0) is 14.2. The Morgan fingerprint density at radius 3 is 2.68 bits per heavy atom. The second-order valence-corrected chi connectivity index (χ2v) is 5.50. The molecule has 0 aromatic carbocycles. The van der Waals surface area contributed by atoms with Gasteiger partial charge in [0.1, 0.15) is 5.60 Å². The van der Waals surface area contributed by atoms with Crippen molar-refractivity contribution in [3.05, 3.63) is 36.2 Å². The van der Waals surface area contributed by atoms with Crippen LogP contribution in [0.1, 0.15) is 26.3 Å². The van der Waals surface area contributed by atoms with Crippen LogP contribution in [0.5, 0.6) is 0 Å². The van der Waals surface area contributed by atoms with Gasteiger partial charge in [-0.1, -0.05) is 6.07 Å². The van der Waals surface area contributed by atoms with Crippen molar-refractivity contribution >= 4 is 17.3 Å². The molecule has 19 heavy (non-hydrogen) atoms. The molecule has 5 nitrogen and oxygen atoms in total. The summed E-state index contributed by atoms with van der Waals surface area (Å²) >= 11 is 0. The predicted molar refractivity (Wildman–Crippen MR) is 75.0 cm³/mol. The van der Waals surface area contributed by atoms with Crippen LogP contribution < -0.4 is 10.9 Å². The zero-order valence-electron chi connectivity index (χ0n) is 11.7. The number of nitrogens with two attached hydrogens (primary N) is 1. The van der Waals surface area contributed by atoms with Crippen LogP contribution in [0.15, 0.2) is 30.6 Å². The molecule has 0 aliphatic heterocycles. The SMILES string of the molecule is Cc1cn2ccccc2c1N(N)C(=O)OC(C)(C)C. The van der Waals surface area contributed by atoms with Crippen molar-refractivity contribution in [1.82, 2.24) is 4.40 Å². The summed E-state index contributed by atoms with van der Waals surface area (Å²) in [5.41, 5.74) is 1.88. The van der Waals surface area contributed by atoms with Gasteiger partial charge in [0.05, 0.1) is 11.2 Å². The summed E-state index contributed by atoms with van der Waals surface area (Å²) in [7, 11) is 0. The van der Waals surface area contributed by atoms with Crippen LogP contribution in [-0.2, 0) is 4.74 Å². The van der Waals surface area contributed by atoms with Crippen LogP contribution in [0.4, 0.5) is 10.5 Å². The largest absolute Gasteiger partial charge is 0.442 e. The minimum Gasteiger partial charge on any atom is -0.442 e. The van der Waals surface area contributed by atoms with Gasteiger partial charge in [-0.3, -0.25) is 0 Å². The molecule has 2 aromatic rings. The lowest BCUT2D eigenvalue weighted by Gasteiger charge is -2.24. The fraction of sp³-hybridized carbons (Fsp3) is 0.357. The molecule has 0 fully saturated rings. The third-order valence-corrected chi connectivity index (χ3v) is 2.67. The Hall–Kier alpha value is -2.01. The van der Waals surface area contributed by atoms with Gasteiger partial charge in [0.25, 0.3) is 0 Å². The maximum atomic E-state index is 12.0. The minimum absolute atomic E-state index is 0.562. The van der Waals surface area contributed by atoms with Gasteiger partial charge in [-0.25, -0.2) is 15.6 Å². The zero-order valence-corrected chi connectivity index (χ0v) is 11.7. The Labute approximate surface area is 112 Å². The van der Waals surface area contributed by atoms with E-state index in [0.717, 1.165) is 16.1 Å². The highest BCUT2D eigenvalue weighted by atomic mass is 16.6. The van der Waals surface area contributed by atoms with E-state index in [2.05, 4.69) is 0 Å². The number of ether oxygens (including phenoxy) is 1. The number of pyridine rings is 1. The van der Waals surface area contributed by atoms with Gasteiger partial charge < -0.3 is 9.14 Å². The lowest BCUT2D eigenvalue weighted by Crippen LogP contribution is -2.41. The maximum Gasteiger partial charge on any atom is 0.429 e. The van der Waals surface area contributed by atoms with Crippen LogP contribution in [-0.4, -0.2) is 16.1 Å². The lowest BCUT2D eigenvalue weighted by molar-refractivity contribution is 0.0580. The third-order valence-electron chi connectivity index (χ3n) is 2.67. The highest BCUT2D eigenvalue weighted by molar-refractivity contribution is 5.94. The van der Waals surface area contributed by atoms with Crippen molar-refractivity contribution < 1.29 is 9.53 Å². The van der Waals surface area contributed by atoms with E-state index in [1.807, 2.05) is 62.7 Å². The number of hydrogen-bond donors (Lipinski definition) is 1. The molecular weight excluding hydrogens is 242 g/mol. The van der Waals surface area contributed by atoms with Gasteiger partial charge in [0.2, 0.25) is 0 Å². The van der Waals surface area contributed by atoms with Crippen molar-refractivity contribution in [3.8, 4) is 0 Å². The number of amides is 1. The summed E-state index contributed by atoms with van der Waals surface area (Å²) in [4.78, 5) is 12.0. The summed E-state index contributed by atoms with van der Waals surface area (Å²) in [6.45, 7) is 7.34. The van der Waals surface area contributed by atoms with E-state index in [1.165, 1.54) is 0 Å². The van der Waals surface area contributed by atoms with E-state index in [0.29, 0.717) is 5.69 Å². The summed E-state index contributed by atoms with van der Waals surface area (Å²) in [6, 6.07) is 5.73. The van der Waals surface area contributed by atoms with Crippen LogP contribution in [0.25, 0.3) is 5.52 Å². The number of aromatic nitrogens is 1. The first-order chi connectivity index (χ1) is 8.79. The van der Waals surface area contributed by atoms with E-state index in [1.54, 1.807) is 0 Å². The monoisotopic (exact) mass is 261 g/mol. The normalized spacial score (nSPS) is 11.6. The number of carbonyl (C=O) groups is 1. The average molecular weight is 261 g/mol. The molecular formula is C14H19N3O2. The number of fused-ring (bicyclic) bond motifs is 1. The molecule has 0 spiro atoms. The van der Waals surface area contributed by atoms with Crippen molar-refractivity contribution in [3.63, 3.8) is 0 Å². The Morgan fingerprint density at radius 1 is 1.37 bits per heavy atom. The minimum atomic E-state index is -0.571. The fourth-order valence-electron chi connectivity index (χ4n) is 1.96. The summed E-state index contributed by atoms with van der Waals surface area (Å²) in [5.74, 6) is 5.90. The number of hydrazine groups is 1. The number of carbonyl (C=O) groups excluding carboxylic acids is 1. The standard InChI is InChI=1S/C14H19N3O2/c1-10-9-16-8-6-5-7-11(16)12(10)17(15)13(18)19-14(2,3)4/h5-9H,15H2,1-4H3. The van der Waals surface area contributed by atoms with Crippen molar-refractivity contribution in [1.29, 1.82) is 0 Å². The van der Waals surface area contributed by atoms with E-state index in [9.17, 15) is 4.79 Å².